The summed E-state index contributed by atoms with van der Waals surface area (Å²) in [6.45, 7) is 0.256. The van der Waals surface area contributed by atoms with E-state index >= 15 is 0 Å². The number of halogens is 2. The van der Waals surface area contributed by atoms with Crippen LogP contribution >= 0.6 is 34.5 Å². The minimum absolute atomic E-state index is 0.0306. The molecule has 0 unspecified atom stereocenters. The van der Waals surface area contributed by atoms with E-state index in [1.54, 1.807) is 18.3 Å². The van der Waals surface area contributed by atoms with Gasteiger partial charge in [-0.2, -0.15) is 0 Å². The summed E-state index contributed by atoms with van der Waals surface area (Å²) >= 11 is 14.1. The van der Waals surface area contributed by atoms with Gasteiger partial charge in [-0.1, -0.05) is 47.4 Å². The van der Waals surface area contributed by atoms with Crippen molar-refractivity contribution in [3.63, 3.8) is 0 Å². The topological polar surface area (TPSA) is 93.3 Å². The first-order valence-electron chi connectivity index (χ1n) is 9.07. The van der Waals surface area contributed by atoms with Crippen LogP contribution in [0.1, 0.15) is 31.2 Å². The molecule has 0 aliphatic heterocycles. The van der Waals surface area contributed by atoms with Crippen LogP contribution in [0.3, 0.4) is 0 Å². The second-order valence-corrected chi connectivity index (χ2v) is 8.65. The number of anilines is 2. The molecule has 3 aromatic rings. The van der Waals surface area contributed by atoms with Crippen molar-refractivity contribution in [3.8, 4) is 5.75 Å². The molecule has 0 amide bonds. The number of hydrogen-bond donors (Lipinski definition) is 3. The zero-order chi connectivity index (χ0) is 19.7. The third-order valence-corrected chi connectivity index (χ3v) is 6.51. The summed E-state index contributed by atoms with van der Waals surface area (Å²) in [4.78, 5) is 8.53. The van der Waals surface area contributed by atoms with E-state index in [1.165, 1.54) is 11.3 Å². The van der Waals surface area contributed by atoms with Crippen LogP contribution in [-0.4, -0.2) is 27.2 Å². The summed E-state index contributed by atoms with van der Waals surface area (Å²) in [5, 5.41) is 15.2. The minimum atomic E-state index is -0.340. The van der Waals surface area contributed by atoms with Crippen LogP contribution in [0, 0.1) is 0 Å². The van der Waals surface area contributed by atoms with Crippen LogP contribution in [0.5, 0.6) is 5.75 Å². The molecule has 6 nitrogen and oxygen atoms in total. The van der Waals surface area contributed by atoms with Crippen molar-refractivity contribution in [3.05, 3.63) is 40.0 Å². The van der Waals surface area contributed by atoms with Gasteiger partial charge in [-0.25, -0.2) is 9.97 Å². The molecule has 2 atom stereocenters. The number of hydrogen-bond acceptors (Lipinski definition) is 7. The highest BCUT2D eigenvalue weighted by atomic mass is 35.5. The Morgan fingerprint density at radius 2 is 2.11 bits per heavy atom. The standard InChI is InChI=1S/C19H20Cl2N4O2S/c20-12-7-11(27-9-10-5-6-23-18(22)16(10)21)8-15-17(12)25-19(28-15)24-13-3-1-2-4-14(13)26/h5-8,13-14,26H,1-4,9H2,(H2,22,23)(H,24,25)/t13-,14-/m1/s1. The fraction of sp³-hybridized carbons (Fsp3) is 0.368. The molecule has 0 saturated heterocycles. The number of aliphatic hydroxyl groups is 1. The van der Waals surface area contributed by atoms with Gasteiger partial charge in [0.25, 0.3) is 0 Å². The number of aromatic nitrogens is 2. The van der Waals surface area contributed by atoms with Gasteiger partial charge in [-0.15, -0.1) is 0 Å². The number of fused-ring (bicyclic) bond motifs is 1. The lowest BCUT2D eigenvalue weighted by Gasteiger charge is -2.27. The van der Waals surface area contributed by atoms with Crippen molar-refractivity contribution in [2.24, 2.45) is 0 Å². The van der Waals surface area contributed by atoms with Gasteiger partial charge in [0.05, 0.1) is 26.9 Å². The molecule has 0 bridgehead atoms. The van der Waals surface area contributed by atoms with Gasteiger partial charge in [0.15, 0.2) is 5.13 Å². The number of benzene rings is 1. The predicted molar refractivity (Wildman–Crippen MR) is 115 cm³/mol. The fourth-order valence-corrected chi connectivity index (χ4v) is 4.78. The zero-order valence-corrected chi connectivity index (χ0v) is 17.3. The van der Waals surface area contributed by atoms with Gasteiger partial charge in [0.1, 0.15) is 23.7 Å². The Labute approximate surface area is 176 Å². The van der Waals surface area contributed by atoms with Crippen LogP contribution in [0.2, 0.25) is 10.0 Å². The van der Waals surface area contributed by atoms with Crippen molar-refractivity contribution >= 4 is 55.7 Å². The van der Waals surface area contributed by atoms with Crippen LogP contribution in [-0.2, 0) is 6.61 Å². The zero-order valence-electron chi connectivity index (χ0n) is 15.0. The largest absolute Gasteiger partial charge is 0.489 e. The molecule has 4 rings (SSSR count). The van der Waals surface area contributed by atoms with Crippen LogP contribution in [0.4, 0.5) is 10.9 Å². The summed E-state index contributed by atoms with van der Waals surface area (Å²) in [6, 6.07) is 5.44. The molecule has 2 heterocycles. The summed E-state index contributed by atoms with van der Waals surface area (Å²) < 4.78 is 6.77. The Hall–Kier alpha value is -1.80. The predicted octanol–water partition coefficient (Wildman–Crippen LogP) is 4.87. The lowest BCUT2D eigenvalue weighted by Crippen LogP contribution is -2.36. The average Bonchev–Trinajstić information content (AvgIpc) is 3.08. The van der Waals surface area contributed by atoms with Crippen molar-refractivity contribution in [1.82, 2.24) is 9.97 Å². The maximum atomic E-state index is 10.2. The summed E-state index contributed by atoms with van der Waals surface area (Å²) in [7, 11) is 0. The molecule has 1 aliphatic rings. The first-order valence-corrected chi connectivity index (χ1v) is 10.6. The number of nitrogens with two attached hydrogens (primary N) is 1. The van der Waals surface area contributed by atoms with E-state index in [4.69, 9.17) is 33.7 Å². The number of nitrogens with zero attached hydrogens (tertiary/aromatic N) is 2. The Morgan fingerprint density at radius 1 is 1.29 bits per heavy atom. The minimum Gasteiger partial charge on any atom is -0.489 e. The quantitative estimate of drug-likeness (QED) is 0.525. The second kappa shape index (κ2) is 8.29. The molecule has 0 radical (unpaired) electrons. The number of nitrogens with one attached hydrogen (secondary N) is 1. The molecular weight excluding hydrogens is 419 g/mol. The SMILES string of the molecule is Nc1nccc(COc2cc(Cl)c3nc(N[C@@H]4CCCC[C@H]4O)sc3c2)c1Cl. The molecule has 1 aromatic carbocycles. The Bertz CT molecular complexity index is 997. The summed E-state index contributed by atoms with van der Waals surface area (Å²) in [5.74, 6) is 0.899. The molecular formula is C19H20Cl2N4O2S. The van der Waals surface area contributed by atoms with E-state index in [1.807, 2.05) is 6.07 Å². The number of thiazole rings is 1. The molecule has 28 heavy (non-hydrogen) atoms. The van der Waals surface area contributed by atoms with Crippen molar-refractivity contribution in [2.75, 3.05) is 11.1 Å². The lowest BCUT2D eigenvalue weighted by molar-refractivity contribution is 0.116. The van der Waals surface area contributed by atoms with Crippen molar-refractivity contribution in [2.45, 2.75) is 44.4 Å². The molecule has 0 spiro atoms. The van der Waals surface area contributed by atoms with Gasteiger partial charge in [0.2, 0.25) is 0 Å². The third kappa shape index (κ3) is 4.12. The van der Waals surface area contributed by atoms with Gasteiger partial charge >= 0.3 is 0 Å². The normalized spacial score (nSPS) is 19.7. The first-order chi connectivity index (χ1) is 13.5. The molecule has 1 saturated carbocycles. The van der Waals surface area contributed by atoms with E-state index in [-0.39, 0.29) is 24.6 Å². The smallest absolute Gasteiger partial charge is 0.184 e. The first kappa shape index (κ1) is 19.5. The Balaban J connectivity index is 1.52. The highest BCUT2D eigenvalue weighted by molar-refractivity contribution is 7.22. The molecule has 148 valence electrons. The van der Waals surface area contributed by atoms with Crippen molar-refractivity contribution < 1.29 is 9.84 Å². The number of rotatable bonds is 5. The Morgan fingerprint density at radius 3 is 2.93 bits per heavy atom. The molecule has 9 heteroatoms. The van der Waals surface area contributed by atoms with E-state index in [2.05, 4.69) is 15.3 Å². The third-order valence-electron chi connectivity index (χ3n) is 4.85. The van der Waals surface area contributed by atoms with E-state index in [0.717, 1.165) is 46.6 Å². The van der Waals surface area contributed by atoms with E-state index in [9.17, 15) is 5.11 Å². The number of ether oxygens (including phenoxy) is 1. The van der Waals surface area contributed by atoms with Gasteiger partial charge in [0, 0.05) is 17.8 Å². The summed E-state index contributed by atoms with van der Waals surface area (Å²) in [5.41, 5.74) is 7.20. The van der Waals surface area contributed by atoms with Crippen molar-refractivity contribution in [1.29, 1.82) is 0 Å². The van der Waals surface area contributed by atoms with Crippen LogP contribution < -0.4 is 15.8 Å². The number of nitrogen functional groups attached to an aromatic ring is 1. The van der Waals surface area contributed by atoms with Crippen LogP contribution in [0.25, 0.3) is 10.2 Å². The molecule has 2 aromatic heterocycles. The second-order valence-electron chi connectivity index (χ2n) is 6.83. The number of aliphatic hydroxyl groups excluding tert-OH is 1. The van der Waals surface area contributed by atoms with Gasteiger partial charge < -0.3 is 20.9 Å². The number of pyridine rings is 1. The fourth-order valence-electron chi connectivity index (χ4n) is 3.32. The maximum absolute atomic E-state index is 10.2. The van der Waals surface area contributed by atoms with Crippen LogP contribution in [0.15, 0.2) is 24.4 Å². The average molecular weight is 439 g/mol. The molecule has 4 N–H and O–H groups in total. The van der Waals surface area contributed by atoms with E-state index in [0.29, 0.717) is 15.8 Å². The molecule has 1 fully saturated rings. The Kier molecular flexibility index (Phi) is 5.78. The lowest BCUT2D eigenvalue weighted by atomic mass is 9.93. The van der Waals surface area contributed by atoms with E-state index < -0.39 is 0 Å². The highest BCUT2D eigenvalue weighted by Gasteiger charge is 2.24. The monoisotopic (exact) mass is 438 g/mol. The molecule has 1 aliphatic carbocycles. The van der Waals surface area contributed by atoms with Gasteiger partial charge in [-0.3, -0.25) is 0 Å². The maximum Gasteiger partial charge on any atom is 0.184 e. The highest BCUT2D eigenvalue weighted by Crippen LogP contribution is 2.36. The van der Waals surface area contributed by atoms with Gasteiger partial charge in [-0.05, 0) is 25.0 Å². The summed E-state index contributed by atoms with van der Waals surface area (Å²) in [6.07, 6.45) is 5.20.